The van der Waals surface area contributed by atoms with Crippen LogP contribution in [0.25, 0.3) is 21.5 Å². The van der Waals surface area contributed by atoms with E-state index in [2.05, 4.69) is 47.1 Å². The molecule has 4 N–H and O–H groups in total. The minimum absolute atomic E-state index is 0.0439. The number of piperidine rings is 1. The zero-order valence-electron chi connectivity index (χ0n) is 20.3. The number of rotatable bonds is 5. The van der Waals surface area contributed by atoms with Crippen molar-refractivity contribution in [3.05, 3.63) is 33.8 Å². The van der Waals surface area contributed by atoms with Crippen LogP contribution in [0.4, 0.5) is 5.82 Å². The summed E-state index contributed by atoms with van der Waals surface area (Å²) in [7, 11) is 1.72. The zero-order chi connectivity index (χ0) is 23.9. The minimum atomic E-state index is 0.0439. The molecule has 0 bridgehead atoms. The Kier molecular flexibility index (Phi) is 6.59. The van der Waals surface area contributed by atoms with Crippen LogP contribution in [0, 0.1) is 13.8 Å². The molecule has 4 rings (SSSR count). The lowest BCUT2D eigenvalue weighted by Crippen LogP contribution is -2.52. The quantitative estimate of drug-likeness (QED) is 0.362. The number of anilines is 1. The van der Waals surface area contributed by atoms with E-state index < -0.39 is 0 Å². The van der Waals surface area contributed by atoms with Gasteiger partial charge in [-0.25, -0.2) is 4.98 Å². The standard InChI is InChI=1S/C25H34N6OS/c1-13(2)19-21(17-10-14(3)24(28-11-17)29-12-27-6)30-20-15(4)22(33-23(19)20)25(32)31-9-7-8-18(26)16(31)5/h10-13,16,18,30H,7-9,26H2,1-6H3,(H,27,28,29)/t16-,18-/m0/s1. The number of fused-ring (bicyclic) bond motifs is 1. The van der Waals surface area contributed by atoms with Gasteiger partial charge in [-0.3, -0.25) is 9.79 Å². The maximum atomic E-state index is 13.5. The van der Waals surface area contributed by atoms with Gasteiger partial charge in [0.2, 0.25) is 0 Å². The molecule has 0 spiro atoms. The highest BCUT2D eigenvalue weighted by atomic mass is 32.1. The Bertz CT molecular complexity index is 1210. The average Bonchev–Trinajstić information content (AvgIpc) is 3.31. The lowest BCUT2D eigenvalue weighted by molar-refractivity contribution is 0.0609. The number of thiophene rings is 1. The number of nitrogens with one attached hydrogen (secondary N) is 2. The van der Waals surface area contributed by atoms with Gasteiger partial charge in [0, 0.05) is 37.4 Å². The molecule has 3 aromatic rings. The van der Waals surface area contributed by atoms with Crippen molar-refractivity contribution in [2.45, 2.75) is 65.5 Å². The first-order valence-corrected chi connectivity index (χ1v) is 12.4. The van der Waals surface area contributed by atoms with Crippen LogP contribution in [0.5, 0.6) is 0 Å². The molecule has 1 saturated heterocycles. The highest BCUT2D eigenvalue weighted by Crippen LogP contribution is 2.42. The molecule has 33 heavy (non-hydrogen) atoms. The predicted octanol–water partition coefficient (Wildman–Crippen LogP) is 5.05. The lowest BCUT2D eigenvalue weighted by atomic mass is 9.98. The van der Waals surface area contributed by atoms with E-state index in [0.717, 1.165) is 62.7 Å². The Hall–Kier alpha value is -2.71. The highest BCUT2D eigenvalue weighted by Gasteiger charge is 2.32. The Morgan fingerprint density at radius 1 is 1.42 bits per heavy atom. The maximum Gasteiger partial charge on any atom is 0.264 e. The second-order valence-corrected chi connectivity index (χ2v) is 10.3. The fourth-order valence-corrected chi connectivity index (χ4v) is 6.14. The number of aromatic nitrogens is 2. The number of amides is 1. The fraction of sp³-hybridized carbons (Fsp3) is 0.480. The summed E-state index contributed by atoms with van der Waals surface area (Å²) in [6, 6.07) is 2.24. The fourth-order valence-electron chi connectivity index (χ4n) is 4.72. The summed E-state index contributed by atoms with van der Waals surface area (Å²) in [4.78, 5) is 28.5. The number of carbonyl (C=O) groups is 1. The van der Waals surface area contributed by atoms with Crippen LogP contribution in [-0.2, 0) is 0 Å². The SMILES string of the molecule is CN=CNc1ncc(-c2[nH]c3c(C)c(C(=O)N4CCC[C@H](N)[C@@H]4C)sc3c2C(C)C)cc1C. The first kappa shape index (κ1) is 23.4. The summed E-state index contributed by atoms with van der Waals surface area (Å²) < 4.78 is 1.16. The van der Waals surface area contributed by atoms with Gasteiger partial charge in [0.25, 0.3) is 5.91 Å². The maximum absolute atomic E-state index is 13.5. The lowest BCUT2D eigenvalue weighted by Gasteiger charge is -2.37. The summed E-state index contributed by atoms with van der Waals surface area (Å²) in [6.45, 7) is 11.3. The van der Waals surface area contributed by atoms with Gasteiger partial charge in [0.1, 0.15) is 5.82 Å². The number of nitrogens with zero attached hydrogens (tertiary/aromatic N) is 3. The van der Waals surface area contributed by atoms with Crippen LogP contribution in [0.2, 0.25) is 0 Å². The van der Waals surface area contributed by atoms with Crippen LogP contribution in [-0.4, -0.2) is 52.8 Å². The first-order valence-electron chi connectivity index (χ1n) is 11.6. The Morgan fingerprint density at radius 3 is 2.85 bits per heavy atom. The second kappa shape index (κ2) is 9.27. The number of nitrogens with two attached hydrogens (primary N) is 1. The van der Waals surface area contributed by atoms with E-state index in [4.69, 9.17) is 5.73 Å². The molecule has 8 heteroatoms. The molecule has 0 unspecified atom stereocenters. The smallest absolute Gasteiger partial charge is 0.264 e. The Balaban J connectivity index is 1.76. The van der Waals surface area contributed by atoms with Crippen molar-refractivity contribution in [3.63, 3.8) is 0 Å². The molecule has 0 aromatic carbocycles. The van der Waals surface area contributed by atoms with Gasteiger partial charge in [-0.2, -0.15) is 0 Å². The van der Waals surface area contributed by atoms with Crippen LogP contribution < -0.4 is 11.1 Å². The Labute approximate surface area is 199 Å². The number of aliphatic imine (C=N–C) groups is 1. The van der Waals surface area contributed by atoms with E-state index in [1.54, 1.807) is 24.7 Å². The highest BCUT2D eigenvalue weighted by molar-refractivity contribution is 7.21. The number of pyridine rings is 1. The number of aryl methyl sites for hydroxylation is 2. The van der Waals surface area contributed by atoms with Crippen molar-refractivity contribution < 1.29 is 4.79 Å². The third-order valence-corrected chi connectivity index (χ3v) is 8.00. The van der Waals surface area contributed by atoms with Crippen LogP contribution in [0.3, 0.4) is 0 Å². The summed E-state index contributed by atoms with van der Waals surface area (Å²) >= 11 is 1.60. The van der Waals surface area contributed by atoms with Gasteiger partial charge >= 0.3 is 0 Å². The van der Waals surface area contributed by atoms with Crippen LogP contribution >= 0.6 is 11.3 Å². The van der Waals surface area contributed by atoms with Crippen molar-refractivity contribution in [1.29, 1.82) is 0 Å². The molecule has 0 aliphatic carbocycles. The number of hydrogen-bond donors (Lipinski definition) is 3. The van der Waals surface area contributed by atoms with Crippen molar-refractivity contribution in [2.24, 2.45) is 10.7 Å². The molecule has 1 aliphatic rings. The minimum Gasteiger partial charge on any atom is -0.353 e. The molecule has 176 valence electrons. The molecule has 1 aliphatic heterocycles. The van der Waals surface area contributed by atoms with Gasteiger partial charge in [0.15, 0.2) is 0 Å². The van der Waals surface area contributed by atoms with E-state index in [1.807, 2.05) is 24.9 Å². The van der Waals surface area contributed by atoms with E-state index in [0.29, 0.717) is 5.92 Å². The average molecular weight is 467 g/mol. The van der Waals surface area contributed by atoms with Gasteiger partial charge in [-0.15, -0.1) is 11.3 Å². The molecule has 7 nitrogen and oxygen atoms in total. The number of carbonyl (C=O) groups excluding carboxylic acids is 1. The molecule has 4 heterocycles. The van der Waals surface area contributed by atoms with Crippen LogP contribution in [0.1, 0.15) is 65.9 Å². The summed E-state index contributed by atoms with van der Waals surface area (Å²) in [5.74, 6) is 1.19. The van der Waals surface area contributed by atoms with E-state index in [9.17, 15) is 4.79 Å². The molecule has 1 fully saturated rings. The number of H-pyrrole nitrogens is 1. The van der Waals surface area contributed by atoms with Gasteiger partial charge < -0.3 is 20.9 Å². The van der Waals surface area contributed by atoms with Crippen molar-refractivity contribution >= 4 is 39.6 Å². The van der Waals surface area contributed by atoms with Crippen molar-refractivity contribution in [1.82, 2.24) is 14.9 Å². The van der Waals surface area contributed by atoms with Gasteiger partial charge in [-0.1, -0.05) is 13.8 Å². The van der Waals surface area contributed by atoms with E-state index in [-0.39, 0.29) is 18.0 Å². The van der Waals surface area contributed by atoms with Crippen LogP contribution in [0.15, 0.2) is 17.3 Å². The molecule has 3 aromatic heterocycles. The summed E-state index contributed by atoms with van der Waals surface area (Å²) in [5, 5.41) is 3.11. The molecule has 2 atom stereocenters. The normalized spacial score (nSPS) is 19.2. The summed E-state index contributed by atoms with van der Waals surface area (Å²) in [5.41, 5.74) is 12.7. The largest absolute Gasteiger partial charge is 0.353 e. The molecular formula is C25H34N6OS. The second-order valence-electron chi connectivity index (χ2n) is 9.30. The number of hydrogen-bond acceptors (Lipinski definition) is 5. The number of likely N-dealkylation sites (tertiary alicyclic amines) is 1. The first-order chi connectivity index (χ1) is 15.7. The zero-order valence-corrected chi connectivity index (χ0v) is 21.1. The monoisotopic (exact) mass is 466 g/mol. The third-order valence-electron chi connectivity index (χ3n) is 6.69. The van der Waals surface area contributed by atoms with E-state index in [1.165, 1.54) is 5.56 Å². The summed E-state index contributed by atoms with van der Waals surface area (Å²) in [6.07, 6.45) is 5.46. The van der Waals surface area contributed by atoms with E-state index >= 15 is 0 Å². The predicted molar refractivity (Wildman–Crippen MR) is 139 cm³/mol. The third kappa shape index (κ3) is 4.17. The topological polar surface area (TPSA) is 99.4 Å². The number of aromatic amines is 1. The molecule has 0 radical (unpaired) electrons. The van der Waals surface area contributed by atoms with Gasteiger partial charge in [-0.05, 0) is 62.3 Å². The molecule has 1 amide bonds. The molecular weight excluding hydrogens is 432 g/mol. The molecule has 0 saturated carbocycles. The van der Waals surface area contributed by atoms with Crippen molar-refractivity contribution in [3.8, 4) is 11.3 Å². The van der Waals surface area contributed by atoms with Crippen molar-refractivity contribution in [2.75, 3.05) is 18.9 Å². The Morgan fingerprint density at radius 2 is 2.18 bits per heavy atom. The van der Waals surface area contributed by atoms with Gasteiger partial charge in [0.05, 0.1) is 27.1 Å².